The van der Waals surface area contributed by atoms with Crippen molar-refractivity contribution < 1.29 is 0 Å². The maximum absolute atomic E-state index is 5.16. The highest BCUT2D eigenvalue weighted by Gasteiger charge is 2.17. The molecule has 0 fully saturated rings. The third-order valence-corrected chi connectivity index (χ3v) is 5.95. The molecule has 5 aromatic rings. The Morgan fingerprint density at radius 3 is 1.95 bits per heavy atom. The first kappa shape index (κ1) is 27.4. The summed E-state index contributed by atoms with van der Waals surface area (Å²) in [7, 11) is 0. The predicted octanol–water partition coefficient (Wildman–Crippen LogP) is 10.4. The molecule has 0 radical (unpaired) electrons. The molecule has 0 saturated carbocycles. The number of hydrogen-bond acceptors (Lipinski definition) is 1. The summed E-state index contributed by atoms with van der Waals surface area (Å²) in [5.41, 5.74) is 8.92. The number of nitrogens with zero attached hydrogens (tertiary/aromatic N) is 2. The maximum Gasteiger partial charge on any atom is 0.138 e. The number of aryl methyl sites for hydroxylation is 1. The van der Waals surface area contributed by atoms with Crippen LogP contribution in [0.2, 0.25) is 0 Å². The van der Waals surface area contributed by atoms with Crippen LogP contribution in [-0.2, 0) is 0 Å². The Kier molecular flexibility index (Phi) is 9.80. The Labute approximate surface area is 222 Å². The van der Waals surface area contributed by atoms with Crippen molar-refractivity contribution in [3.63, 3.8) is 0 Å². The highest BCUT2D eigenvalue weighted by molar-refractivity contribution is 5.95. The molecular weight excluding hydrogens is 448 g/mol. The monoisotopic (exact) mass is 486 g/mol. The van der Waals surface area contributed by atoms with Crippen LogP contribution in [0.5, 0.6) is 0 Å². The molecule has 0 aliphatic rings. The summed E-state index contributed by atoms with van der Waals surface area (Å²) in [5.74, 6) is 0.894. The van der Waals surface area contributed by atoms with Gasteiger partial charge in [-0.05, 0) is 55.3 Å². The number of allylic oxidation sites excluding steroid dienone is 1. The minimum absolute atomic E-state index is 0.894. The van der Waals surface area contributed by atoms with Crippen LogP contribution in [0.4, 0.5) is 0 Å². The van der Waals surface area contributed by atoms with Crippen molar-refractivity contribution >= 4 is 23.1 Å². The summed E-state index contributed by atoms with van der Waals surface area (Å²) < 4.78 is 2.25. The Hall–Kier alpha value is -4.17. The van der Waals surface area contributed by atoms with Gasteiger partial charge in [-0.25, -0.2) is 4.98 Å². The summed E-state index contributed by atoms with van der Waals surface area (Å²) in [6, 6.07) is 31.8. The minimum atomic E-state index is 0.894. The summed E-state index contributed by atoms with van der Waals surface area (Å²) in [6.07, 6.45) is 6.17. The number of pyridine rings is 1. The topological polar surface area (TPSA) is 17.8 Å². The standard InChI is InChI=1S/C31H26N2.2C2H6/c1-4-12-29-26(5-2)27-19-22(3)17-18-30(27)33(29)31-21-25(23-13-8-6-9-14-23)20-28(32-31)24-15-10-7-11-16-24;2*1-2/h4-21H,2H2,1,3H3;2*1-2H3/b12-4-;;. The van der Waals surface area contributed by atoms with Crippen molar-refractivity contribution in [1.29, 1.82) is 0 Å². The lowest BCUT2D eigenvalue weighted by Gasteiger charge is -2.14. The molecule has 0 unspecified atom stereocenters. The molecule has 0 aliphatic heterocycles. The van der Waals surface area contributed by atoms with Gasteiger partial charge in [-0.3, -0.25) is 4.57 Å². The molecule has 5 rings (SSSR count). The Balaban J connectivity index is 0.000000907. The predicted molar refractivity (Wildman–Crippen MR) is 164 cm³/mol. The lowest BCUT2D eigenvalue weighted by molar-refractivity contribution is 1.03. The van der Waals surface area contributed by atoms with Crippen LogP contribution in [0.3, 0.4) is 0 Å². The second kappa shape index (κ2) is 13.2. The average Bonchev–Trinajstić information content (AvgIpc) is 3.28. The van der Waals surface area contributed by atoms with Gasteiger partial charge in [-0.1, -0.05) is 119 Å². The Morgan fingerprint density at radius 1 is 0.730 bits per heavy atom. The van der Waals surface area contributed by atoms with Gasteiger partial charge < -0.3 is 0 Å². The van der Waals surface area contributed by atoms with Crippen molar-refractivity contribution in [2.24, 2.45) is 0 Å². The van der Waals surface area contributed by atoms with Gasteiger partial charge in [0, 0.05) is 16.5 Å². The second-order valence-corrected chi connectivity index (χ2v) is 8.19. The van der Waals surface area contributed by atoms with Gasteiger partial charge in [0.2, 0.25) is 0 Å². The maximum atomic E-state index is 5.16. The lowest BCUT2D eigenvalue weighted by atomic mass is 10.0. The summed E-state index contributed by atoms with van der Waals surface area (Å²) in [5, 5.41) is 1.19. The molecule has 0 spiro atoms. The molecule has 37 heavy (non-hydrogen) atoms. The average molecular weight is 487 g/mol. The van der Waals surface area contributed by atoms with E-state index in [0.717, 1.165) is 39.4 Å². The first-order chi connectivity index (χ1) is 18.2. The minimum Gasteiger partial charge on any atom is -0.294 e. The molecule has 0 aliphatic carbocycles. The summed E-state index contributed by atoms with van der Waals surface area (Å²) in [4.78, 5) is 5.16. The molecule has 2 aromatic heterocycles. The molecule has 2 nitrogen and oxygen atoms in total. The number of aromatic nitrogens is 2. The molecule has 0 amide bonds. The van der Waals surface area contributed by atoms with E-state index in [1.807, 2.05) is 52.8 Å². The smallest absolute Gasteiger partial charge is 0.138 e. The third kappa shape index (κ3) is 5.81. The molecule has 2 heteroatoms. The zero-order valence-corrected chi connectivity index (χ0v) is 23.0. The van der Waals surface area contributed by atoms with Gasteiger partial charge in [-0.15, -0.1) is 0 Å². The van der Waals surface area contributed by atoms with Crippen LogP contribution in [0.1, 0.15) is 51.4 Å². The normalized spacial score (nSPS) is 10.4. The van der Waals surface area contributed by atoms with Crippen LogP contribution in [0, 0.1) is 6.92 Å². The number of fused-ring (bicyclic) bond motifs is 1. The van der Waals surface area contributed by atoms with E-state index in [1.165, 1.54) is 16.5 Å². The zero-order valence-electron chi connectivity index (χ0n) is 23.0. The van der Waals surface area contributed by atoms with Crippen LogP contribution in [0.15, 0.2) is 104 Å². The lowest BCUT2D eigenvalue weighted by Crippen LogP contribution is -2.02. The van der Waals surface area contributed by atoms with E-state index in [4.69, 9.17) is 4.98 Å². The van der Waals surface area contributed by atoms with Crippen molar-refractivity contribution in [1.82, 2.24) is 9.55 Å². The van der Waals surface area contributed by atoms with Crippen LogP contribution >= 0.6 is 0 Å². The van der Waals surface area contributed by atoms with Crippen molar-refractivity contribution in [2.75, 3.05) is 0 Å². The fourth-order valence-corrected chi connectivity index (χ4v) is 4.42. The quantitative estimate of drug-likeness (QED) is 0.241. The van der Waals surface area contributed by atoms with Gasteiger partial charge in [0.05, 0.1) is 16.9 Å². The fraction of sp³-hybridized carbons (Fsp3) is 0.171. The summed E-state index contributed by atoms with van der Waals surface area (Å²) >= 11 is 0. The molecule has 0 atom stereocenters. The number of hydrogen-bond donors (Lipinski definition) is 0. The van der Waals surface area contributed by atoms with Gasteiger partial charge >= 0.3 is 0 Å². The molecule has 188 valence electrons. The van der Waals surface area contributed by atoms with Gasteiger partial charge in [0.15, 0.2) is 0 Å². The number of rotatable bonds is 5. The van der Waals surface area contributed by atoms with E-state index < -0.39 is 0 Å². The van der Waals surface area contributed by atoms with Crippen molar-refractivity contribution in [3.8, 4) is 28.2 Å². The van der Waals surface area contributed by atoms with E-state index in [9.17, 15) is 0 Å². The SMILES string of the molecule is C=Cc1c(/C=C\C)n(-c2cc(-c3ccccc3)cc(-c3ccccc3)n2)c2ccc(C)cc12.CC.CC. The van der Waals surface area contributed by atoms with Crippen molar-refractivity contribution in [2.45, 2.75) is 41.5 Å². The first-order valence-electron chi connectivity index (χ1n) is 13.2. The van der Waals surface area contributed by atoms with Gasteiger partial charge in [-0.2, -0.15) is 0 Å². The molecule has 0 bridgehead atoms. The fourth-order valence-electron chi connectivity index (χ4n) is 4.42. The highest BCUT2D eigenvalue weighted by Crippen LogP contribution is 2.34. The Morgan fingerprint density at radius 2 is 1.35 bits per heavy atom. The van der Waals surface area contributed by atoms with Gasteiger partial charge in [0.25, 0.3) is 0 Å². The zero-order chi connectivity index (χ0) is 26.8. The largest absolute Gasteiger partial charge is 0.294 e. The second-order valence-electron chi connectivity index (χ2n) is 8.19. The van der Waals surface area contributed by atoms with Crippen LogP contribution in [-0.4, -0.2) is 9.55 Å². The third-order valence-electron chi connectivity index (χ3n) is 5.95. The van der Waals surface area contributed by atoms with E-state index >= 15 is 0 Å². The highest BCUT2D eigenvalue weighted by atomic mass is 15.1. The van der Waals surface area contributed by atoms with Crippen LogP contribution in [0.25, 0.3) is 51.3 Å². The van der Waals surface area contributed by atoms with Crippen LogP contribution < -0.4 is 0 Å². The van der Waals surface area contributed by atoms with E-state index in [-0.39, 0.29) is 0 Å². The molecule has 0 N–H and O–H groups in total. The molecule has 0 saturated heterocycles. The molecule has 3 aromatic carbocycles. The van der Waals surface area contributed by atoms with Gasteiger partial charge in [0.1, 0.15) is 5.82 Å². The van der Waals surface area contributed by atoms with E-state index in [0.29, 0.717) is 0 Å². The molecular formula is C35H38N2. The first-order valence-corrected chi connectivity index (χ1v) is 13.2. The molecule has 2 heterocycles. The number of benzene rings is 3. The van der Waals surface area contributed by atoms with E-state index in [2.05, 4.69) is 109 Å². The summed E-state index contributed by atoms with van der Waals surface area (Å²) in [6.45, 7) is 16.3. The van der Waals surface area contributed by atoms with Crippen molar-refractivity contribution in [3.05, 3.63) is 120 Å². The Bertz CT molecular complexity index is 1420. The van der Waals surface area contributed by atoms with E-state index in [1.54, 1.807) is 0 Å².